The smallest absolute Gasteiger partial charge is 0.488 e. The molecule has 8 heavy (non-hydrogen) atoms. The molecule has 0 aromatic carbocycles. The van der Waals surface area contributed by atoms with Crippen molar-refractivity contribution in [2.24, 2.45) is 10.7 Å². The van der Waals surface area contributed by atoms with E-state index in [4.69, 9.17) is 11.5 Å². The largest absolute Gasteiger partial charge is 1.00 e. The molecule has 0 amide bonds. The molecular weight excluding hydrogens is 269 g/mol. The van der Waals surface area contributed by atoms with Gasteiger partial charge in [0.15, 0.2) is 0 Å². The number of nitrogens with zero attached hydrogens (tertiary/aromatic N) is 1. The molecule has 0 heterocycles. The molecule has 0 fully saturated rings. The average Bonchev–Trinajstić information content (AvgIpc) is 1.35. The second kappa shape index (κ2) is 12.6. The zero-order valence-corrected chi connectivity index (χ0v) is 15.7. The van der Waals surface area contributed by atoms with E-state index >= 15 is 0 Å². The number of aliphatic imine (C=N–C) groups is 1. The van der Waals surface area contributed by atoms with Crippen LogP contribution in [-0.2, 0) is 0 Å². The Morgan fingerprint density at radius 1 is 1.62 bits per heavy atom. The Labute approximate surface area is 152 Å². The first-order valence-electron chi connectivity index (χ1n) is 1.26. The van der Waals surface area contributed by atoms with Crippen molar-refractivity contribution >= 4 is 23.7 Å². The number of thiocarbonyl (C=S) groups is 1. The van der Waals surface area contributed by atoms with Crippen molar-refractivity contribution in [2.75, 3.05) is 0 Å². The molecule has 0 unspecified atom stereocenters. The maximum absolute atomic E-state index is 6.27. The first-order chi connectivity index (χ1) is 2.77. The summed E-state index contributed by atoms with van der Waals surface area (Å²) in [6.07, 6.45) is 0.808. The van der Waals surface area contributed by atoms with Crippen molar-refractivity contribution in [3.8, 4) is 0 Å². The van der Waals surface area contributed by atoms with E-state index in [1.165, 1.54) is 0 Å². The van der Waals surface area contributed by atoms with Gasteiger partial charge in [0.2, 0.25) is 0 Å². The summed E-state index contributed by atoms with van der Waals surface area (Å²) in [6.45, 7) is 0. The third kappa shape index (κ3) is 16.0. The Bertz CT molecular complexity index is 83.4. The van der Waals surface area contributed by atoms with Crippen LogP contribution >= 0.6 is 12.2 Å². The van der Waals surface area contributed by atoms with Crippen molar-refractivity contribution in [1.82, 2.24) is 0 Å². The topological polar surface area (TPSA) is 62.2 Å². The van der Waals surface area contributed by atoms with E-state index in [1.54, 1.807) is 0 Å². The predicted octanol–water partition coefficient (Wildman–Crippen LogP) is -5.68. The number of rotatable bonds is 0. The van der Waals surface area contributed by atoms with E-state index in [0.29, 0.717) is 0 Å². The molecule has 6 heteroatoms. The molecule has 0 radical (unpaired) electrons. The molecule has 0 aliphatic carbocycles. The normalized spacial score (nSPS) is 7.00. The van der Waals surface area contributed by atoms with Crippen LogP contribution in [0.25, 0.3) is 5.73 Å². The molecule has 0 rings (SSSR count). The Kier molecular flexibility index (Phi) is 27.1. The fraction of sp³-hybridized carbons (Fsp3) is 0. The van der Waals surface area contributed by atoms with Gasteiger partial charge in [0.05, 0.1) is 5.11 Å². The van der Waals surface area contributed by atoms with Gasteiger partial charge in [-0.25, -0.2) is 0 Å². The van der Waals surface area contributed by atoms with E-state index in [9.17, 15) is 0 Å². The Morgan fingerprint density at radius 2 is 2.00 bits per heavy atom. The van der Waals surface area contributed by atoms with Crippen LogP contribution in [0.1, 0.15) is 0 Å². The average molecular weight is 273 g/mol. The molecule has 0 saturated carbocycles. The zero-order chi connectivity index (χ0) is 4.99. The number of nitrogens with one attached hydrogen (secondary N) is 1. The van der Waals surface area contributed by atoms with E-state index in [2.05, 4.69) is 17.2 Å². The molecule has 0 aromatic rings. The Balaban J connectivity index is -0.000000125. The fourth-order valence-electron chi connectivity index (χ4n) is 0.0636. The Hall–Kier alpha value is 2.97. The van der Waals surface area contributed by atoms with Gasteiger partial charge >= 0.3 is 116 Å². The molecule has 0 atom stereocenters. The van der Waals surface area contributed by atoms with E-state index in [1.807, 2.05) is 0 Å². The van der Waals surface area contributed by atoms with Gasteiger partial charge in [0.25, 0.3) is 0 Å². The van der Waals surface area contributed by atoms with Gasteiger partial charge < -0.3 is 16.5 Å². The minimum Gasteiger partial charge on any atom is -0.488 e. The van der Waals surface area contributed by atoms with Crippen LogP contribution in [0.5, 0.6) is 0 Å². The van der Waals surface area contributed by atoms with E-state index in [-0.39, 0.29) is 121 Å². The summed E-state index contributed by atoms with van der Waals surface area (Å²) in [5.41, 5.74) is 11.1. The maximum atomic E-state index is 6.27. The summed E-state index contributed by atoms with van der Waals surface area (Å²) < 4.78 is 0. The summed E-state index contributed by atoms with van der Waals surface area (Å²) in [5.74, 6) is 0. The number of nitrogens with two attached hydrogens (primary N) is 1. The molecule has 0 bridgehead atoms. The van der Waals surface area contributed by atoms with Gasteiger partial charge in [0, 0.05) is 0 Å². The van der Waals surface area contributed by atoms with Crippen LogP contribution < -0.4 is 122 Å². The summed E-state index contributed by atoms with van der Waals surface area (Å²) in [7, 11) is 0. The van der Waals surface area contributed by atoms with Crippen LogP contribution in [0.2, 0.25) is 0 Å². The molecule has 0 spiro atoms. The predicted molar refractivity (Wildman–Crippen MR) is 29.6 cm³/mol. The second-order valence-electron chi connectivity index (χ2n) is 0.596. The van der Waals surface area contributed by atoms with Crippen molar-refractivity contribution < 1.29 is 116 Å². The summed E-state index contributed by atoms with van der Waals surface area (Å²) in [4.78, 5) is 3.18. The molecular formula is C2H4N3Rb2S+. The quantitative estimate of drug-likeness (QED) is 0.272. The minimum atomic E-state index is 0. The van der Waals surface area contributed by atoms with Crippen molar-refractivity contribution in [3.63, 3.8) is 0 Å². The van der Waals surface area contributed by atoms with Crippen LogP contribution in [0, 0.1) is 0 Å². The van der Waals surface area contributed by atoms with Gasteiger partial charge in [-0.3, -0.25) is 0 Å². The van der Waals surface area contributed by atoms with Crippen molar-refractivity contribution in [3.05, 3.63) is 5.73 Å². The number of hydrogen-bond acceptors (Lipinski definition) is 1. The third-order valence-corrected chi connectivity index (χ3v) is 0.297. The van der Waals surface area contributed by atoms with Gasteiger partial charge in [-0.15, -0.1) is 6.34 Å². The standard InChI is InChI=1S/C2H5N3S.2Rb/c3-1-5-2(4)6;;/h1H,(H4,3,4,5,6);;/q;2*+1/p-1. The zero-order valence-electron chi connectivity index (χ0n) is 5.01. The van der Waals surface area contributed by atoms with Crippen LogP contribution in [-0.4, -0.2) is 11.5 Å². The third-order valence-electron chi connectivity index (χ3n) is 0.192. The van der Waals surface area contributed by atoms with E-state index < -0.39 is 0 Å². The van der Waals surface area contributed by atoms with Crippen LogP contribution in [0.15, 0.2) is 4.99 Å². The van der Waals surface area contributed by atoms with Gasteiger partial charge in [0.1, 0.15) is 0 Å². The SMILES string of the molecule is [NH-]/C=N/C(N)=S.[Rb+].[Rb+]. The monoisotopic (exact) mass is 272 g/mol. The summed E-state index contributed by atoms with van der Waals surface area (Å²) in [5, 5.41) is 0.00463. The summed E-state index contributed by atoms with van der Waals surface area (Å²) in [6, 6.07) is 0. The van der Waals surface area contributed by atoms with Gasteiger partial charge in [-0.1, -0.05) is 12.2 Å². The fourth-order valence-corrected chi connectivity index (χ4v) is 0.116. The second-order valence-corrected chi connectivity index (χ2v) is 1.01. The van der Waals surface area contributed by atoms with Crippen molar-refractivity contribution in [2.45, 2.75) is 0 Å². The van der Waals surface area contributed by atoms with Crippen LogP contribution in [0.3, 0.4) is 0 Å². The first kappa shape index (κ1) is 17.2. The molecule has 0 aliphatic rings. The van der Waals surface area contributed by atoms with Gasteiger partial charge in [-0.05, 0) is 0 Å². The molecule has 34 valence electrons. The molecule has 0 aliphatic heterocycles. The Morgan fingerprint density at radius 3 is 2.00 bits per heavy atom. The number of hydrogen-bond donors (Lipinski definition) is 1. The van der Waals surface area contributed by atoms with Crippen molar-refractivity contribution in [1.29, 1.82) is 0 Å². The minimum absolute atomic E-state index is 0. The van der Waals surface area contributed by atoms with E-state index in [0.717, 1.165) is 6.34 Å². The maximum Gasteiger partial charge on any atom is 1.00 e. The first-order valence-corrected chi connectivity index (χ1v) is 1.67. The van der Waals surface area contributed by atoms with Gasteiger partial charge in [-0.2, -0.15) is 0 Å². The molecule has 3 nitrogen and oxygen atoms in total. The van der Waals surface area contributed by atoms with Crippen LogP contribution in [0.4, 0.5) is 0 Å². The molecule has 0 aromatic heterocycles. The molecule has 3 N–H and O–H groups in total. The summed E-state index contributed by atoms with van der Waals surface area (Å²) >= 11 is 4.25. The molecule has 0 saturated heterocycles.